The van der Waals surface area contributed by atoms with E-state index in [9.17, 15) is 0 Å². The lowest BCUT2D eigenvalue weighted by Crippen LogP contribution is -2.10. The number of aryl methyl sites for hydroxylation is 1. The van der Waals surface area contributed by atoms with Crippen molar-refractivity contribution in [3.05, 3.63) is 71.1 Å². The predicted molar refractivity (Wildman–Crippen MR) is 92.4 cm³/mol. The summed E-state index contributed by atoms with van der Waals surface area (Å²) in [4.78, 5) is 0. The molecule has 118 valence electrons. The van der Waals surface area contributed by atoms with Gasteiger partial charge in [0.05, 0.1) is 6.42 Å². The molecule has 0 saturated heterocycles. The minimum absolute atomic E-state index is 0.168. The van der Waals surface area contributed by atoms with Gasteiger partial charge in [-0.1, -0.05) is 62.7 Å². The van der Waals surface area contributed by atoms with Crippen LogP contribution in [0.3, 0.4) is 0 Å². The summed E-state index contributed by atoms with van der Waals surface area (Å²) in [5.74, 6) is 1.22. The zero-order chi connectivity index (χ0) is 16.4. The maximum atomic E-state index is 5.79. The summed E-state index contributed by atoms with van der Waals surface area (Å²) in [5.41, 5.74) is 4.84. The van der Waals surface area contributed by atoms with Gasteiger partial charge >= 0.3 is 0 Å². The second-order valence-corrected chi connectivity index (χ2v) is 6.99. The second kappa shape index (κ2) is 5.99. The average Bonchev–Trinajstić information content (AvgIpc) is 2.96. The van der Waals surface area contributed by atoms with Crippen molar-refractivity contribution in [2.24, 2.45) is 0 Å². The molecule has 0 saturated carbocycles. The van der Waals surface area contributed by atoms with E-state index in [0.29, 0.717) is 18.2 Å². The van der Waals surface area contributed by atoms with Crippen LogP contribution in [0.4, 0.5) is 0 Å². The molecular weight excluding hydrogens is 284 g/mol. The van der Waals surface area contributed by atoms with Gasteiger partial charge in [0.2, 0.25) is 11.8 Å². The smallest absolute Gasteiger partial charge is 0.247 e. The van der Waals surface area contributed by atoms with E-state index in [2.05, 4.69) is 62.2 Å². The molecular formula is C20H22N2O. The maximum absolute atomic E-state index is 5.79. The van der Waals surface area contributed by atoms with E-state index in [1.807, 2.05) is 24.3 Å². The quantitative estimate of drug-likeness (QED) is 0.688. The Kier molecular flexibility index (Phi) is 4.03. The van der Waals surface area contributed by atoms with Gasteiger partial charge in [-0.25, -0.2) is 0 Å². The molecule has 0 radical (unpaired) electrons. The highest BCUT2D eigenvalue weighted by Gasteiger charge is 2.14. The number of rotatable bonds is 3. The van der Waals surface area contributed by atoms with Gasteiger partial charge in [0.25, 0.3) is 0 Å². The van der Waals surface area contributed by atoms with E-state index in [1.54, 1.807) is 0 Å². The fraction of sp³-hybridized carbons (Fsp3) is 0.300. The normalized spacial score (nSPS) is 11.7. The van der Waals surface area contributed by atoms with Crippen molar-refractivity contribution >= 4 is 0 Å². The molecule has 0 amide bonds. The van der Waals surface area contributed by atoms with Gasteiger partial charge in [0, 0.05) is 5.56 Å². The third-order valence-electron chi connectivity index (χ3n) is 3.94. The summed E-state index contributed by atoms with van der Waals surface area (Å²) in [7, 11) is 0. The van der Waals surface area contributed by atoms with Crippen LogP contribution in [0, 0.1) is 6.92 Å². The SMILES string of the molecule is Cc1ccc(-c2nnc(Cc3ccc(C(C)(C)C)cc3)o2)cc1. The molecule has 3 rings (SSSR count). The Bertz CT molecular complexity index is 778. The molecule has 0 aliphatic heterocycles. The average molecular weight is 306 g/mol. The Labute approximate surface area is 137 Å². The highest BCUT2D eigenvalue weighted by Crippen LogP contribution is 2.23. The molecule has 0 spiro atoms. The van der Waals surface area contributed by atoms with E-state index in [1.165, 1.54) is 16.7 Å². The first-order valence-electron chi connectivity index (χ1n) is 7.91. The van der Waals surface area contributed by atoms with Crippen molar-refractivity contribution in [1.82, 2.24) is 10.2 Å². The third-order valence-corrected chi connectivity index (χ3v) is 3.94. The fourth-order valence-corrected chi connectivity index (χ4v) is 2.44. The molecule has 3 aromatic rings. The molecule has 0 bridgehead atoms. The van der Waals surface area contributed by atoms with Crippen LogP contribution in [0.1, 0.15) is 43.4 Å². The standard InChI is InChI=1S/C20H22N2O/c1-14-5-9-16(10-6-14)19-22-21-18(23-19)13-15-7-11-17(12-8-15)20(2,3)4/h5-12H,13H2,1-4H3. The molecule has 1 aromatic heterocycles. The first-order valence-corrected chi connectivity index (χ1v) is 7.91. The van der Waals surface area contributed by atoms with Crippen LogP contribution in [0.5, 0.6) is 0 Å². The van der Waals surface area contributed by atoms with E-state index < -0.39 is 0 Å². The van der Waals surface area contributed by atoms with Crippen molar-refractivity contribution in [3.8, 4) is 11.5 Å². The number of hydrogen-bond donors (Lipinski definition) is 0. The summed E-state index contributed by atoms with van der Waals surface area (Å²) in [6.07, 6.45) is 0.656. The van der Waals surface area contributed by atoms with Crippen molar-refractivity contribution in [2.45, 2.75) is 39.5 Å². The molecule has 0 unspecified atom stereocenters. The van der Waals surface area contributed by atoms with Crippen molar-refractivity contribution < 1.29 is 4.42 Å². The molecule has 0 N–H and O–H groups in total. The van der Waals surface area contributed by atoms with Crippen LogP contribution in [0.2, 0.25) is 0 Å². The lowest BCUT2D eigenvalue weighted by Gasteiger charge is -2.18. The lowest BCUT2D eigenvalue weighted by atomic mass is 9.86. The first-order chi connectivity index (χ1) is 10.9. The zero-order valence-electron chi connectivity index (χ0n) is 14.1. The summed E-state index contributed by atoms with van der Waals surface area (Å²) in [5, 5.41) is 8.32. The van der Waals surface area contributed by atoms with Crippen LogP contribution < -0.4 is 0 Å². The molecule has 3 heteroatoms. The molecule has 3 nitrogen and oxygen atoms in total. The van der Waals surface area contributed by atoms with Crippen molar-refractivity contribution in [1.29, 1.82) is 0 Å². The van der Waals surface area contributed by atoms with Crippen LogP contribution in [0.25, 0.3) is 11.5 Å². The third kappa shape index (κ3) is 3.67. The van der Waals surface area contributed by atoms with Gasteiger partial charge in [-0.15, -0.1) is 10.2 Å². The Morgan fingerprint density at radius 3 is 2.13 bits per heavy atom. The Morgan fingerprint density at radius 1 is 0.870 bits per heavy atom. The van der Waals surface area contributed by atoms with Crippen molar-refractivity contribution in [3.63, 3.8) is 0 Å². The molecule has 0 fully saturated rings. The number of benzene rings is 2. The molecule has 23 heavy (non-hydrogen) atoms. The minimum atomic E-state index is 0.168. The fourth-order valence-electron chi connectivity index (χ4n) is 2.44. The largest absolute Gasteiger partial charge is 0.420 e. The Morgan fingerprint density at radius 2 is 1.52 bits per heavy atom. The van der Waals surface area contributed by atoms with Gasteiger partial charge in [-0.2, -0.15) is 0 Å². The summed E-state index contributed by atoms with van der Waals surface area (Å²) >= 11 is 0. The van der Waals surface area contributed by atoms with Gasteiger partial charge in [0.1, 0.15) is 0 Å². The topological polar surface area (TPSA) is 38.9 Å². The van der Waals surface area contributed by atoms with Crippen LogP contribution in [-0.4, -0.2) is 10.2 Å². The Balaban J connectivity index is 1.75. The summed E-state index contributed by atoms with van der Waals surface area (Å²) in [6.45, 7) is 8.71. The maximum Gasteiger partial charge on any atom is 0.247 e. The second-order valence-electron chi connectivity index (χ2n) is 6.99. The first kappa shape index (κ1) is 15.5. The van der Waals surface area contributed by atoms with Crippen molar-refractivity contribution in [2.75, 3.05) is 0 Å². The van der Waals surface area contributed by atoms with E-state index in [-0.39, 0.29) is 5.41 Å². The molecule has 1 heterocycles. The molecule has 2 aromatic carbocycles. The van der Waals surface area contributed by atoms with E-state index in [4.69, 9.17) is 4.42 Å². The summed E-state index contributed by atoms with van der Waals surface area (Å²) < 4.78 is 5.79. The summed E-state index contributed by atoms with van der Waals surface area (Å²) in [6, 6.07) is 16.7. The molecule has 0 atom stereocenters. The molecule has 0 aliphatic rings. The lowest BCUT2D eigenvalue weighted by molar-refractivity contribution is 0.518. The highest BCUT2D eigenvalue weighted by molar-refractivity contribution is 5.52. The Hall–Kier alpha value is -2.42. The monoisotopic (exact) mass is 306 g/mol. The minimum Gasteiger partial charge on any atom is -0.420 e. The predicted octanol–water partition coefficient (Wildman–Crippen LogP) is 4.93. The number of hydrogen-bond acceptors (Lipinski definition) is 3. The molecule has 0 aliphatic carbocycles. The van der Waals surface area contributed by atoms with Crippen LogP contribution in [-0.2, 0) is 11.8 Å². The van der Waals surface area contributed by atoms with E-state index >= 15 is 0 Å². The van der Waals surface area contributed by atoms with E-state index in [0.717, 1.165) is 5.56 Å². The highest BCUT2D eigenvalue weighted by atomic mass is 16.4. The van der Waals surface area contributed by atoms with Crippen LogP contribution >= 0.6 is 0 Å². The van der Waals surface area contributed by atoms with Gasteiger partial charge in [-0.3, -0.25) is 0 Å². The van der Waals surface area contributed by atoms with Crippen LogP contribution in [0.15, 0.2) is 52.9 Å². The van der Waals surface area contributed by atoms with Gasteiger partial charge < -0.3 is 4.42 Å². The van der Waals surface area contributed by atoms with Gasteiger partial charge in [0.15, 0.2) is 0 Å². The number of nitrogens with zero attached hydrogens (tertiary/aromatic N) is 2. The number of aromatic nitrogens is 2. The van der Waals surface area contributed by atoms with Gasteiger partial charge in [-0.05, 0) is 35.6 Å². The zero-order valence-corrected chi connectivity index (χ0v) is 14.1.